The molecular weight excluding hydrogens is 345 g/mol. The summed E-state index contributed by atoms with van der Waals surface area (Å²) in [5, 5.41) is 5.76. The lowest BCUT2D eigenvalue weighted by atomic mass is 9.89. The van der Waals surface area contributed by atoms with E-state index in [1.165, 1.54) is 56.4 Å². The SMILES string of the molecule is O=C(CNCC1CCCCC1)Nc1ccc(OC(F)(F)F)cc1.[Cl-]. The summed E-state index contributed by atoms with van der Waals surface area (Å²) in [6, 6.07) is 5.08. The molecule has 2 N–H and O–H groups in total. The third-order valence-corrected chi connectivity index (χ3v) is 3.81. The number of hydrogen-bond donors (Lipinski definition) is 2. The van der Waals surface area contributed by atoms with E-state index in [9.17, 15) is 18.0 Å². The summed E-state index contributed by atoms with van der Waals surface area (Å²) in [7, 11) is 0. The van der Waals surface area contributed by atoms with Gasteiger partial charge in [0, 0.05) is 5.69 Å². The highest BCUT2D eigenvalue weighted by Gasteiger charge is 2.30. The van der Waals surface area contributed by atoms with Crippen molar-refractivity contribution in [3.63, 3.8) is 0 Å². The van der Waals surface area contributed by atoms with Crippen molar-refractivity contribution in [3.8, 4) is 5.75 Å². The Balaban J connectivity index is 0.00000288. The highest BCUT2D eigenvalue weighted by atomic mass is 35.5. The number of nitrogens with one attached hydrogen (secondary N) is 2. The van der Waals surface area contributed by atoms with Crippen LogP contribution in [0.4, 0.5) is 18.9 Å². The lowest BCUT2D eigenvalue weighted by Gasteiger charge is -2.21. The zero-order valence-corrected chi connectivity index (χ0v) is 13.9. The van der Waals surface area contributed by atoms with Gasteiger partial charge in [0.2, 0.25) is 5.91 Å². The third-order valence-electron chi connectivity index (χ3n) is 3.81. The predicted molar refractivity (Wildman–Crippen MR) is 81.2 cm³/mol. The van der Waals surface area contributed by atoms with Crippen molar-refractivity contribution < 1.29 is 35.1 Å². The fourth-order valence-corrected chi connectivity index (χ4v) is 2.73. The zero-order valence-electron chi connectivity index (χ0n) is 13.2. The molecule has 0 spiro atoms. The number of halogens is 4. The summed E-state index contributed by atoms with van der Waals surface area (Å²) in [6.45, 7) is 1.02. The van der Waals surface area contributed by atoms with Gasteiger partial charge in [-0.3, -0.25) is 4.79 Å². The Morgan fingerprint density at radius 1 is 1.12 bits per heavy atom. The summed E-state index contributed by atoms with van der Waals surface area (Å²) in [6.07, 6.45) is 1.50. The molecule has 0 aromatic heterocycles. The van der Waals surface area contributed by atoms with Gasteiger partial charge in [-0.1, -0.05) is 19.3 Å². The van der Waals surface area contributed by atoms with Crippen LogP contribution in [-0.2, 0) is 4.79 Å². The lowest BCUT2D eigenvalue weighted by molar-refractivity contribution is -0.274. The Kier molecular flexibility index (Phi) is 8.35. The van der Waals surface area contributed by atoms with Crippen molar-refractivity contribution in [2.24, 2.45) is 5.92 Å². The minimum Gasteiger partial charge on any atom is -1.00 e. The van der Waals surface area contributed by atoms with Gasteiger partial charge in [0.15, 0.2) is 0 Å². The molecule has 0 unspecified atom stereocenters. The minimum absolute atomic E-state index is 0. The van der Waals surface area contributed by atoms with Crippen molar-refractivity contribution in [3.05, 3.63) is 24.3 Å². The molecule has 136 valence electrons. The topological polar surface area (TPSA) is 50.4 Å². The number of hydrogen-bond acceptors (Lipinski definition) is 3. The molecule has 1 amide bonds. The first-order valence-electron chi connectivity index (χ1n) is 7.79. The summed E-state index contributed by atoms with van der Waals surface area (Å²) in [4.78, 5) is 11.8. The summed E-state index contributed by atoms with van der Waals surface area (Å²) in [5.41, 5.74) is 0.434. The normalized spacial score (nSPS) is 15.5. The van der Waals surface area contributed by atoms with Crippen LogP contribution in [-0.4, -0.2) is 25.4 Å². The van der Waals surface area contributed by atoms with Gasteiger partial charge in [0.1, 0.15) is 5.75 Å². The van der Waals surface area contributed by atoms with E-state index >= 15 is 0 Å². The van der Waals surface area contributed by atoms with Gasteiger partial charge < -0.3 is 27.8 Å². The summed E-state index contributed by atoms with van der Waals surface area (Å²) >= 11 is 0. The van der Waals surface area contributed by atoms with Crippen molar-refractivity contribution in [1.29, 1.82) is 0 Å². The van der Waals surface area contributed by atoms with E-state index in [4.69, 9.17) is 0 Å². The molecule has 1 aliphatic carbocycles. The van der Waals surface area contributed by atoms with Crippen LogP contribution < -0.4 is 27.8 Å². The van der Waals surface area contributed by atoms with Gasteiger partial charge in [0.05, 0.1) is 6.54 Å². The average molecular weight is 366 g/mol. The quantitative estimate of drug-likeness (QED) is 0.780. The summed E-state index contributed by atoms with van der Waals surface area (Å²) in [5.74, 6) is 0.103. The average Bonchev–Trinajstić information content (AvgIpc) is 2.49. The fourth-order valence-electron chi connectivity index (χ4n) is 2.73. The van der Waals surface area contributed by atoms with Crippen LogP contribution in [0.5, 0.6) is 5.75 Å². The molecule has 0 atom stereocenters. The highest BCUT2D eigenvalue weighted by molar-refractivity contribution is 5.92. The maximum Gasteiger partial charge on any atom is 0.573 e. The molecule has 1 aromatic carbocycles. The molecule has 0 aliphatic heterocycles. The molecule has 4 nitrogen and oxygen atoms in total. The van der Waals surface area contributed by atoms with Crippen LogP contribution in [0.2, 0.25) is 0 Å². The molecule has 0 heterocycles. The first kappa shape index (κ1) is 20.6. The fraction of sp³-hybridized carbons (Fsp3) is 0.562. The molecule has 24 heavy (non-hydrogen) atoms. The molecule has 0 radical (unpaired) electrons. The molecule has 2 rings (SSSR count). The highest BCUT2D eigenvalue weighted by Crippen LogP contribution is 2.24. The van der Waals surface area contributed by atoms with E-state index in [1.54, 1.807) is 0 Å². The monoisotopic (exact) mass is 365 g/mol. The van der Waals surface area contributed by atoms with Crippen molar-refractivity contribution >= 4 is 11.6 Å². The second kappa shape index (κ2) is 9.74. The van der Waals surface area contributed by atoms with Gasteiger partial charge in [-0.25, -0.2) is 0 Å². The van der Waals surface area contributed by atoms with E-state index in [1.807, 2.05) is 0 Å². The number of carbonyl (C=O) groups excluding carboxylic acids is 1. The molecule has 1 saturated carbocycles. The molecule has 1 aromatic rings. The van der Waals surface area contributed by atoms with E-state index in [2.05, 4.69) is 15.4 Å². The number of alkyl halides is 3. The van der Waals surface area contributed by atoms with Crippen LogP contribution in [0, 0.1) is 5.92 Å². The molecule has 0 saturated heterocycles. The van der Waals surface area contributed by atoms with Crippen molar-refractivity contribution in [2.45, 2.75) is 38.5 Å². The number of benzene rings is 1. The van der Waals surface area contributed by atoms with Gasteiger partial charge in [-0.15, -0.1) is 13.2 Å². The zero-order chi connectivity index (χ0) is 16.7. The Bertz CT molecular complexity index is 503. The van der Waals surface area contributed by atoms with Crippen LogP contribution in [0.3, 0.4) is 0 Å². The Labute approximate surface area is 145 Å². The smallest absolute Gasteiger partial charge is 0.573 e. The van der Waals surface area contributed by atoms with Gasteiger partial charge in [-0.2, -0.15) is 0 Å². The molecule has 1 fully saturated rings. The standard InChI is InChI=1S/C16H21F3N2O2.ClH/c17-16(18,19)23-14-8-6-13(7-9-14)21-15(22)11-20-10-12-4-2-1-3-5-12;/h6-9,12,20H,1-5,10-11H2,(H,21,22);1H/p-1. The first-order chi connectivity index (χ1) is 10.9. The van der Waals surface area contributed by atoms with E-state index in [0.29, 0.717) is 11.6 Å². The number of carbonyl (C=O) groups is 1. The van der Waals surface area contributed by atoms with Crippen LogP contribution in [0.15, 0.2) is 24.3 Å². The van der Waals surface area contributed by atoms with Gasteiger partial charge >= 0.3 is 6.36 Å². The van der Waals surface area contributed by atoms with Crippen molar-refractivity contribution in [1.82, 2.24) is 5.32 Å². The summed E-state index contributed by atoms with van der Waals surface area (Å²) < 4.78 is 39.9. The largest absolute Gasteiger partial charge is 1.00 e. The molecule has 1 aliphatic rings. The first-order valence-corrected chi connectivity index (χ1v) is 7.79. The number of rotatable bonds is 6. The maximum atomic E-state index is 12.0. The van der Waals surface area contributed by atoms with Crippen LogP contribution in [0.1, 0.15) is 32.1 Å². The molecule has 8 heteroatoms. The molecule has 0 bridgehead atoms. The second-order valence-electron chi connectivity index (χ2n) is 5.76. The number of ether oxygens (including phenoxy) is 1. The Morgan fingerprint density at radius 2 is 1.75 bits per heavy atom. The molecular formula is C16H21ClF3N2O2-. The van der Waals surface area contributed by atoms with Gasteiger partial charge in [-0.05, 0) is 49.6 Å². The Morgan fingerprint density at radius 3 is 2.33 bits per heavy atom. The number of amides is 1. The van der Waals surface area contributed by atoms with Gasteiger partial charge in [0.25, 0.3) is 0 Å². The van der Waals surface area contributed by atoms with Crippen molar-refractivity contribution in [2.75, 3.05) is 18.4 Å². The van der Waals surface area contributed by atoms with Crippen LogP contribution >= 0.6 is 0 Å². The Hall–Kier alpha value is -1.47. The second-order valence-corrected chi connectivity index (χ2v) is 5.76. The maximum absolute atomic E-state index is 12.0. The van der Waals surface area contributed by atoms with E-state index < -0.39 is 6.36 Å². The predicted octanol–water partition coefficient (Wildman–Crippen LogP) is 0.698. The minimum atomic E-state index is -4.71. The van der Waals surface area contributed by atoms with Crippen LogP contribution in [0.25, 0.3) is 0 Å². The lowest BCUT2D eigenvalue weighted by Crippen LogP contribution is -3.00. The van der Waals surface area contributed by atoms with E-state index in [-0.39, 0.29) is 30.6 Å². The third kappa shape index (κ3) is 7.88. The van der Waals surface area contributed by atoms with E-state index in [0.717, 1.165) is 6.54 Å². The number of anilines is 1.